The second-order valence-corrected chi connectivity index (χ2v) is 8.12. The van der Waals surface area contributed by atoms with Crippen LogP contribution in [0.1, 0.15) is 44.5 Å². The summed E-state index contributed by atoms with van der Waals surface area (Å²) in [7, 11) is 0. The number of hydrogen-bond acceptors (Lipinski definition) is 6. The molecule has 2 amide bonds. The number of esters is 1. The molecule has 2 N–H and O–H groups in total. The molecule has 30 heavy (non-hydrogen) atoms. The number of piperazine rings is 1. The van der Waals surface area contributed by atoms with Crippen molar-refractivity contribution in [1.82, 2.24) is 15.5 Å². The Bertz CT molecular complexity index is 779. The number of hydrogen-bond donors (Lipinski definition) is 2. The SMILES string of the molecule is CC(C)COc1ccc(C(=O)NC(=S)N2CCNC(=O)C2CC(=O)OC(C)C)cc1. The van der Waals surface area contributed by atoms with Gasteiger partial charge in [0.15, 0.2) is 5.11 Å². The summed E-state index contributed by atoms with van der Waals surface area (Å²) in [4.78, 5) is 38.4. The molecule has 1 aromatic carbocycles. The molecular formula is C21H29N3O5S. The van der Waals surface area contributed by atoms with Crippen molar-refractivity contribution in [3.63, 3.8) is 0 Å². The Balaban J connectivity index is 2.00. The van der Waals surface area contributed by atoms with Crippen molar-refractivity contribution in [3.05, 3.63) is 29.8 Å². The third-order valence-electron chi connectivity index (χ3n) is 4.24. The first kappa shape index (κ1) is 23.6. The fourth-order valence-corrected chi connectivity index (χ4v) is 3.15. The molecule has 0 aliphatic carbocycles. The van der Waals surface area contributed by atoms with E-state index < -0.39 is 17.9 Å². The molecule has 1 aliphatic heterocycles. The second kappa shape index (κ2) is 10.9. The predicted octanol–water partition coefficient (Wildman–Crippen LogP) is 1.88. The van der Waals surface area contributed by atoms with E-state index in [9.17, 15) is 14.4 Å². The van der Waals surface area contributed by atoms with Gasteiger partial charge in [0.1, 0.15) is 11.8 Å². The predicted molar refractivity (Wildman–Crippen MR) is 116 cm³/mol. The summed E-state index contributed by atoms with van der Waals surface area (Å²) in [6.45, 7) is 8.92. The fourth-order valence-electron chi connectivity index (χ4n) is 2.84. The highest BCUT2D eigenvalue weighted by Gasteiger charge is 2.34. The van der Waals surface area contributed by atoms with Crippen LogP contribution in [-0.4, -0.2) is 59.6 Å². The molecule has 1 saturated heterocycles. The average Bonchev–Trinajstić information content (AvgIpc) is 2.67. The van der Waals surface area contributed by atoms with E-state index in [0.717, 1.165) is 0 Å². The maximum atomic E-state index is 12.6. The van der Waals surface area contributed by atoms with E-state index in [1.807, 2.05) is 0 Å². The fraction of sp³-hybridized carbons (Fsp3) is 0.524. The Kier molecular flexibility index (Phi) is 8.58. The summed E-state index contributed by atoms with van der Waals surface area (Å²) in [6.07, 6.45) is -0.432. The van der Waals surface area contributed by atoms with Gasteiger partial charge >= 0.3 is 5.97 Å². The van der Waals surface area contributed by atoms with E-state index in [-0.39, 0.29) is 23.5 Å². The van der Waals surface area contributed by atoms with Crippen LogP contribution in [0.4, 0.5) is 0 Å². The summed E-state index contributed by atoms with van der Waals surface area (Å²) in [5.74, 6) is -0.143. The molecule has 0 aromatic heterocycles. The van der Waals surface area contributed by atoms with E-state index in [0.29, 0.717) is 36.9 Å². The molecular weight excluding hydrogens is 406 g/mol. The second-order valence-electron chi connectivity index (χ2n) is 7.73. The first-order valence-corrected chi connectivity index (χ1v) is 10.4. The lowest BCUT2D eigenvalue weighted by Gasteiger charge is -2.36. The zero-order chi connectivity index (χ0) is 22.3. The van der Waals surface area contributed by atoms with Gasteiger partial charge in [-0.25, -0.2) is 0 Å². The highest BCUT2D eigenvalue weighted by molar-refractivity contribution is 7.80. The number of carbonyl (C=O) groups is 3. The summed E-state index contributed by atoms with van der Waals surface area (Å²) < 4.78 is 10.8. The quantitative estimate of drug-likeness (QED) is 0.499. The zero-order valence-corrected chi connectivity index (χ0v) is 18.6. The maximum Gasteiger partial charge on any atom is 0.308 e. The Morgan fingerprint density at radius 3 is 2.50 bits per heavy atom. The van der Waals surface area contributed by atoms with Gasteiger partial charge in [-0.2, -0.15) is 0 Å². The molecule has 0 bridgehead atoms. The smallest absolute Gasteiger partial charge is 0.308 e. The Morgan fingerprint density at radius 2 is 1.90 bits per heavy atom. The lowest BCUT2D eigenvalue weighted by Crippen LogP contribution is -2.60. The monoisotopic (exact) mass is 435 g/mol. The normalized spacial score (nSPS) is 16.3. The number of benzene rings is 1. The van der Waals surface area contributed by atoms with Crippen molar-refractivity contribution in [1.29, 1.82) is 0 Å². The van der Waals surface area contributed by atoms with E-state index in [4.69, 9.17) is 21.7 Å². The molecule has 2 rings (SSSR count). The van der Waals surface area contributed by atoms with Crippen molar-refractivity contribution >= 4 is 35.1 Å². The van der Waals surface area contributed by atoms with Crippen molar-refractivity contribution in [3.8, 4) is 5.75 Å². The number of nitrogens with one attached hydrogen (secondary N) is 2. The largest absolute Gasteiger partial charge is 0.493 e. The molecule has 1 aliphatic rings. The highest BCUT2D eigenvalue weighted by atomic mass is 32.1. The number of rotatable bonds is 7. The van der Waals surface area contributed by atoms with E-state index >= 15 is 0 Å². The maximum absolute atomic E-state index is 12.6. The molecule has 1 heterocycles. The topological polar surface area (TPSA) is 97.0 Å². The molecule has 0 radical (unpaired) electrons. The van der Waals surface area contributed by atoms with Crippen molar-refractivity contribution in [2.24, 2.45) is 5.92 Å². The van der Waals surface area contributed by atoms with E-state index in [2.05, 4.69) is 24.5 Å². The van der Waals surface area contributed by atoms with Crippen molar-refractivity contribution < 1.29 is 23.9 Å². The van der Waals surface area contributed by atoms with Crippen LogP contribution < -0.4 is 15.4 Å². The number of amides is 2. The number of carbonyl (C=O) groups excluding carboxylic acids is 3. The van der Waals surface area contributed by atoms with Gasteiger partial charge in [0.25, 0.3) is 5.91 Å². The van der Waals surface area contributed by atoms with Crippen molar-refractivity contribution in [2.45, 2.75) is 46.3 Å². The van der Waals surface area contributed by atoms with E-state index in [1.54, 1.807) is 43.0 Å². The zero-order valence-electron chi connectivity index (χ0n) is 17.8. The Morgan fingerprint density at radius 1 is 1.23 bits per heavy atom. The molecule has 1 unspecified atom stereocenters. The number of thiocarbonyl (C=S) groups is 1. The minimum absolute atomic E-state index is 0.0948. The molecule has 1 fully saturated rings. The van der Waals surface area contributed by atoms with Crippen LogP contribution in [-0.2, 0) is 14.3 Å². The lowest BCUT2D eigenvalue weighted by atomic mass is 10.1. The minimum Gasteiger partial charge on any atom is -0.493 e. The minimum atomic E-state index is -0.829. The molecule has 9 heteroatoms. The number of nitrogens with zero attached hydrogens (tertiary/aromatic N) is 1. The van der Waals surface area contributed by atoms with Gasteiger partial charge in [-0.1, -0.05) is 13.8 Å². The van der Waals surface area contributed by atoms with Gasteiger partial charge in [-0.05, 0) is 56.2 Å². The van der Waals surface area contributed by atoms with Crippen LogP contribution in [0.3, 0.4) is 0 Å². The van der Waals surface area contributed by atoms with Gasteiger partial charge < -0.3 is 19.7 Å². The molecule has 1 aromatic rings. The molecule has 0 saturated carbocycles. The van der Waals surface area contributed by atoms with Crippen LogP contribution in [0, 0.1) is 5.92 Å². The number of ether oxygens (including phenoxy) is 2. The molecule has 8 nitrogen and oxygen atoms in total. The first-order valence-electron chi connectivity index (χ1n) is 9.99. The molecule has 0 spiro atoms. The molecule has 164 valence electrons. The average molecular weight is 436 g/mol. The van der Waals surface area contributed by atoms with Gasteiger partial charge in [0.2, 0.25) is 5.91 Å². The van der Waals surface area contributed by atoms with Crippen LogP contribution in [0.2, 0.25) is 0 Å². The van der Waals surface area contributed by atoms with Gasteiger partial charge in [-0.15, -0.1) is 0 Å². The highest BCUT2D eigenvalue weighted by Crippen LogP contribution is 2.15. The van der Waals surface area contributed by atoms with Gasteiger partial charge in [-0.3, -0.25) is 19.7 Å². The third kappa shape index (κ3) is 6.98. The van der Waals surface area contributed by atoms with Crippen LogP contribution >= 0.6 is 12.2 Å². The van der Waals surface area contributed by atoms with Crippen molar-refractivity contribution in [2.75, 3.05) is 19.7 Å². The lowest BCUT2D eigenvalue weighted by molar-refractivity contribution is -0.150. The Hall–Kier alpha value is -2.68. The summed E-state index contributed by atoms with van der Waals surface area (Å²) in [5.41, 5.74) is 0.409. The van der Waals surface area contributed by atoms with Crippen LogP contribution in [0.15, 0.2) is 24.3 Å². The third-order valence-corrected chi connectivity index (χ3v) is 4.58. The first-order chi connectivity index (χ1) is 14.2. The van der Waals surface area contributed by atoms with E-state index in [1.165, 1.54) is 0 Å². The summed E-state index contributed by atoms with van der Waals surface area (Å²) in [6, 6.07) is 5.91. The Labute approximate surface area is 182 Å². The standard InChI is InChI=1S/C21H29N3O5S/c1-13(2)12-28-16-7-5-15(6-8-16)19(26)23-21(30)24-10-9-22-20(27)17(24)11-18(25)29-14(3)4/h5-8,13-14,17H,9-12H2,1-4H3,(H,22,27)(H,23,26,30). The molecule has 1 atom stereocenters. The van der Waals surface area contributed by atoms with Crippen LogP contribution in [0.25, 0.3) is 0 Å². The summed E-state index contributed by atoms with van der Waals surface area (Å²) in [5, 5.41) is 5.45. The summed E-state index contributed by atoms with van der Waals surface area (Å²) >= 11 is 5.35. The van der Waals surface area contributed by atoms with Crippen LogP contribution in [0.5, 0.6) is 5.75 Å². The van der Waals surface area contributed by atoms with Gasteiger partial charge in [0, 0.05) is 18.7 Å². The van der Waals surface area contributed by atoms with Gasteiger partial charge in [0.05, 0.1) is 19.1 Å².